The molecule has 88 valence electrons. The fraction of sp³-hybridized carbons (Fsp3) is 0.417. The summed E-state index contributed by atoms with van der Waals surface area (Å²) < 4.78 is 5.05. The minimum atomic E-state index is 0.683. The topological polar surface area (TPSA) is 41.1 Å². The minimum absolute atomic E-state index is 0.683. The molecule has 0 aliphatic heterocycles. The van der Waals surface area contributed by atoms with Gasteiger partial charge in [0.25, 0.3) is 0 Å². The first-order valence-electron chi connectivity index (χ1n) is 5.28. The highest BCUT2D eigenvalue weighted by Crippen LogP contribution is 1.97. The Labute approximate surface area is 95.9 Å². The number of methoxy groups -OCH3 is 1. The summed E-state index contributed by atoms with van der Waals surface area (Å²) in [5.74, 6) is 0.921. The van der Waals surface area contributed by atoms with Crippen LogP contribution in [0.3, 0.4) is 0 Å². The lowest BCUT2D eigenvalue weighted by Crippen LogP contribution is -2.31. The summed E-state index contributed by atoms with van der Waals surface area (Å²) in [7, 11) is 3.69. The number of hydrogen-bond donors (Lipinski definition) is 1. The Bertz CT molecular complexity index is 447. The van der Waals surface area contributed by atoms with Crippen molar-refractivity contribution < 1.29 is 4.74 Å². The van der Waals surface area contributed by atoms with Crippen LogP contribution in [-0.2, 0) is 4.74 Å². The molecule has 0 aliphatic carbocycles. The molecule has 1 aromatic heterocycles. The Kier molecular flexibility index (Phi) is 4.79. The number of ether oxygens (including phenoxy) is 1. The molecule has 0 aromatic carbocycles. The van der Waals surface area contributed by atoms with Crippen LogP contribution in [0.25, 0.3) is 12.2 Å². The van der Waals surface area contributed by atoms with Crippen LogP contribution in [0.15, 0.2) is 12.7 Å². The number of aromatic amines is 1. The molecule has 0 saturated carbocycles. The zero-order valence-corrected chi connectivity index (χ0v) is 10.2. The van der Waals surface area contributed by atoms with Crippen LogP contribution in [0.4, 0.5) is 5.82 Å². The van der Waals surface area contributed by atoms with Crippen molar-refractivity contribution in [2.24, 2.45) is 0 Å². The molecular weight excluding hydrogens is 202 g/mol. The maximum Gasteiger partial charge on any atom is 0.158 e. The second kappa shape index (κ2) is 6.12. The lowest BCUT2D eigenvalue weighted by atomic mass is 10.3. The van der Waals surface area contributed by atoms with Gasteiger partial charge in [0.05, 0.1) is 12.0 Å². The number of allylic oxidation sites excluding steroid dienone is 1. The molecule has 1 N–H and O–H groups in total. The van der Waals surface area contributed by atoms with Crippen LogP contribution in [-0.4, -0.2) is 37.5 Å². The van der Waals surface area contributed by atoms with Crippen LogP contribution in [0.2, 0.25) is 0 Å². The van der Waals surface area contributed by atoms with Crippen molar-refractivity contribution in [1.82, 2.24) is 10.2 Å². The van der Waals surface area contributed by atoms with Gasteiger partial charge in [0.1, 0.15) is 0 Å². The Morgan fingerprint density at radius 2 is 2.31 bits per heavy atom. The van der Waals surface area contributed by atoms with Gasteiger partial charge in [-0.1, -0.05) is 18.7 Å². The average molecular weight is 221 g/mol. The maximum absolute atomic E-state index is 5.05. The largest absolute Gasteiger partial charge is 0.383 e. The zero-order chi connectivity index (χ0) is 12.0. The lowest BCUT2D eigenvalue weighted by molar-refractivity contribution is 0.206. The van der Waals surface area contributed by atoms with E-state index in [1.807, 2.05) is 26.1 Å². The quantitative estimate of drug-likeness (QED) is 0.775. The van der Waals surface area contributed by atoms with E-state index in [1.165, 1.54) is 0 Å². The van der Waals surface area contributed by atoms with E-state index in [2.05, 4.69) is 21.7 Å². The minimum Gasteiger partial charge on any atom is -0.383 e. The van der Waals surface area contributed by atoms with Gasteiger partial charge in [0, 0.05) is 25.9 Å². The fourth-order valence-corrected chi connectivity index (χ4v) is 1.48. The van der Waals surface area contributed by atoms with E-state index in [9.17, 15) is 0 Å². The number of likely N-dealkylation sites (N-methyl/N-ethyl adjacent to an activating group) is 1. The molecule has 4 heteroatoms. The van der Waals surface area contributed by atoms with Gasteiger partial charge in [-0.2, -0.15) is 5.10 Å². The van der Waals surface area contributed by atoms with Gasteiger partial charge in [-0.15, -0.1) is 0 Å². The Morgan fingerprint density at radius 1 is 1.56 bits per heavy atom. The van der Waals surface area contributed by atoms with Gasteiger partial charge >= 0.3 is 0 Å². The third kappa shape index (κ3) is 2.73. The highest BCUT2D eigenvalue weighted by atomic mass is 16.5. The molecule has 4 nitrogen and oxygen atoms in total. The van der Waals surface area contributed by atoms with Crippen molar-refractivity contribution in [2.45, 2.75) is 6.92 Å². The molecule has 1 aromatic rings. The van der Waals surface area contributed by atoms with Crippen LogP contribution in [0.5, 0.6) is 0 Å². The van der Waals surface area contributed by atoms with Gasteiger partial charge < -0.3 is 9.64 Å². The van der Waals surface area contributed by atoms with Gasteiger partial charge in [-0.25, -0.2) is 0 Å². The molecule has 0 spiro atoms. The van der Waals surface area contributed by atoms with E-state index in [0.29, 0.717) is 6.61 Å². The van der Waals surface area contributed by atoms with Crippen molar-refractivity contribution in [1.29, 1.82) is 0 Å². The standard InChI is InChI=1S/C12H19N3O/c1-5-7-10-11(6-2)13-14-12(10)15(3)8-9-16-4/h5-7,13H,1,8-9H2,2-4H3/b10-7+,11-6+. The number of H-pyrrole nitrogens is 1. The van der Waals surface area contributed by atoms with Gasteiger partial charge in [0.2, 0.25) is 0 Å². The smallest absolute Gasteiger partial charge is 0.158 e. The molecule has 0 bridgehead atoms. The number of nitrogens with one attached hydrogen (secondary N) is 1. The molecule has 0 amide bonds. The van der Waals surface area contributed by atoms with E-state index in [4.69, 9.17) is 4.74 Å². The summed E-state index contributed by atoms with van der Waals surface area (Å²) in [6, 6.07) is 0. The summed E-state index contributed by atoms with van der Waals surface area (Å²) in [5, 5.41) is 9.37. The van der Waals surface area contributed by atoms with Crippen LogP contribution in [0.1, 0.15) is 6.92 Å². The monoisotopic (exact) mass is 221 g/mol. The molecule has 1 heterocycles. The van der Waals surface area contributed by atoms with E-state index in [-0.39, 0.29) is 0 Å². The molecule has 0 unspecified atom stereocenters. The van der Waals surface area contributed by atoms with E-state index in [0.717, 1.165) is 22.9 Å². The van der Waals surface area contributed by atoms with Crippen molar-refractivity contribution in [3.05, 3.63) is 23.2 Å². The first kappa shape index (κ1) is 12.5. The Hall–Kier alpha value is -1.55. The van der Waals surface area contributed by atoms with Crippen LogP contribution < -0.4 is 15.5 Å². The highest BCUT2D eigenvalue weighted by Gasteiger charge is 2.06. The van der Waals surface area contributed by atoms with Gasteiger partial charge in [-0.05, 0) is 13.0 Å². The van der Waals surface area contributed by atoms with Crippen molar-refractivity contribution in [3.63, 3.8) is 0 Å². The summed E-state index contributed by atoms with van der Waals surface area (Å²) in [4.78, 5) is 2.06. The predicted molar refractivity (Wildman–Crippen MR) is 67.8 cm³/mol. The number of nitrogens with zero attached hydrogens (tertiary/aromatic N) is 2. The van der Waals surface area contributed by atoms with Gasteiger partial charge in [-0.3, -0.25) is 5.10 Å². The summed E-state index contributed by atoms with van der Waals surface area (Å²) >= 11 is 0. The molecule has 16 heavy (non-hydrogen) atoms. The van der Waals surface area contributed by atoms with E-state index < -0.39 is 0 Å². The second-order valence-electron chi connectivity index (χ2n) is 3.48. The van der Waals surface area contributed by atoms with E-state index >= 15 is 0 Å². The molecule has 0 fully saturated rings. The van der Waals surface area contributed by atoms with Crippen molar-refractivity contribution in [3.8, 4) is 0 Å². The molecule has 1 rings (SSSR count). The predicted octanol–water partition coefficient (Wildman–Crippen LogP) is 0.259. The number of rotatable bonds is 5. The van der Waals surface area contributed by atoms with Crippen molar-refractivity contribution >= 4 is 18.0 Å². The Balaban J connectivity index is 3.10. The summed E-state index contributed by atoms with van der Waals surface area (Å²) in [5.41, 5.74) is 0. The van der Waals surface area contributed by atoms with E-state index in [1.54, 1.807) is 13.2 Å². The highest BCUT2D eigenvalue weighted by molar-refractivity contribution is 5.49. The van der Waals surface area contributed by atoms with Gasteiger partial charge in [0.15, 0.2) is 5.82 Å². The zero-order valence-electron chi connectivity index (χ0n) is 10.2. The number of aromatic nitrogens is 2. The first-order valence-corrected chi connectivity index (χ1v) is 5.28. The molecule has 0 saturated heterocycles. The lowest BCUT2D eigenvalue weighted by Gasteiger charge is -2.15. The third-order valence-electron chi connectivity index (χ3n) is 2.38. The molecule has 0 atom stereocenters. The molecule has 0 aliphatic rings. The Morgan fingerprint density at radius 3 is 2.88 bits per heavy atom. The average Bonchev–Trinajstić information content (AvgIpc) is 2.69. The summed E-state index contributed by atoms with van der Waals surface area (Å²) in [6.07, 6.45) is 5.72. The first-order chi connectivity index (χ1) is 7.74. The van der Waals surface area contributed by atoms with Crippen LogP contribution >= 0.6 is 0 Å². The number of anilines is 1. The second-order valence-corrected chi connectivity index (χ2v) is 3.48. The SMILES string of the molecule is C=C/C=c1/c(N(C)CCOC)n[nH]/c1=C/C. The molecular formula is C12H19N3O. The maximum atomic E-state index is 5.05. The summed E-state index contributed by atoms with van der Waals surface area (Å²) in [6.45, 7) is 7.19. The number of hydrogen-bond acceptors (Lipinski definition) is 3. The third-order valence-corrected chi connectivity index (χ3v) is 2.38. The molecule has 0 radical (unpaired) electrons. The fourth-order valence-electron chi connectivity index (χ4n) is 1.48. The van der Waals surface area contributed by atoms with Crippen molar-refractivity contribution in [2.75, 3.05) is 32.2 Å². The normalized spacial score (nSPS) is 13.2. The van der Waals surface area contributed by atoms with Crippen LogP contribution in [0, 0.1) is 0 Å².